The van der Waals surface area contributed by atoms with Crippen molar-refractivity contribution in [2.24, 2.45) is 5.73 Å². The Morgan fingerprint density at radius 2 is 2.46 bits per heavy atom. The van der Waals surface area contributed by atoms with Crippen LogP contribution in [0.3, 0.4) is 0 Å². The van der Waals surface area contributed by atoms with Crippen LogP contribution in [-0.4, -0.2) is 25.5 Å². The Kier molecular flexibility index (Phi) is 3.59. The molecule has 0 aromatic carbocycles. The first kappa shape index (κ1) is 10.4. The molecule has 0 amide bonds. The molecular formula is C9H13NO2S. The number of aryl methyl sites for hydroxylation is 1. The van der Waals surface area contributed by atoms with Crippen molar-refractivity contribution in [3.05, 3.63) is 21.9 Å². The number of Topliss-reactive ketones (excluding diaryl/α,β-unsaturated/α-hetero) is 1. The van der Waals surface area contributed by atoms with Crippen LogP contribution in [0.5, 0.6) is 0 Å². The van der Waals surface area contributed by atoms with Crippen LogP contribution in [-0.2, 0) is 4.74 Å². The number of ketones is 1. The van der Waals surface area contributed by atoms with E-state index in [0.29, 0.717) is 0 Å². The van der Waals surface area contributed by atoms with Crippen molar-refractivity contribution in [3.63, 3.8) is 0 Å². The number of thiophene rings is 1. The van der Waals surface area contributed by atoms with Crippen molar-refractivity contribution in [1.82, 2.24) is 0 Å². The highest BCUT2D eigenvalue weighted by molar-refractivity contribution is 7.12. The monoisotopic (exact) mass is 199 g/mol. The van der Waals surface area contributed by atoms with E-state index in [4.69, 9.17) is 10.5 Å². The summed E-state index contributed by atoms with van der Waals surface area (Å²) in [6, 6.07) is 1.37. The summed E-state index contributed by atoms with van der Waals surface area (Å²) in [7, 11) is 1.54. The van der Waals surface area contributed by atoms with E-state index in [2.05, 4.69) is 0 Å². The van der Waals surface area contributed by atoms with Gasteiger partial charge in [-0.1, -0.05) is 0 Å². The highest BCUT2D eigenvalue weighted by Crippen LogP contribution is 2.17. The molecule has 1 atom stereocenters. The number of ether oxygens (including phenoxy) is 1. The molecular weight excluding hydrogens is 186 g/mol. The van der Waals surface area contributed by atoms with Gasteiger partial charge in [-0.05, 0) is 23.9 Å². The summed E-state index contributed by atoms with van der Waals surface area (Å²) < 4.78 is 4.82. The molecule has 0 aliphatic rings. The molecule has 0 aliphatic carbocycles. The lowest BCUT2D eigenvalue weighted by molar-refractivity contribution is 0.0896. The number of carbonyl (C=O) groups is 1. The van der Waals surface area contributed by atoms with Crippen molar-refractivity contribution in [1.29, 1.82) is 0 Å². The van der Waals surface area contributed by atoms with Gasteiger partial charge in [0.1, 0.15) is 0 Å². The second-order valence-corrected chi connectivity index (χ2v) is 3.77. The van der Waals surface area contributed by atoms with Crippen LogP contribution >= 0.6 is 11.3 Å². The first-order valence-electron chi connectivity index (χ1n) is 3.99. The Labute approximate surface area is 81.5 Å². The molecule has 1 rings (SSSR count). The van der Waals surface area contributed by atoms with Gasteiger partial charge in [-0.3, -0.25) is 4.79 Å². The molecule has 1 heterocycles. The van der Waals surface area contributed by atoms with E-state index in [1.54, 1.807) is 0 Å². The van der Waals surface area contributed by atoms with Crippen molar-refractivity contribution >= 4 is 17.1 Å². The Balaban J connectivity index is 2.73. The third-order valence-electron chi connectivity index (χ3n) is 1.77. The first-order chi connectivity index (χ1) is 6.16. The SMILES string of the molecule is COCC(N)C(=O)c1sccc1C. The van der Waals surface area contributed by atoms with E-state index < -0.39 is 6.04 Å². The normalized spacial score (nSPS) is 12.8. The molecule has 72 valence electrons. The minimum Gasteiger partial charge on any atom is -0.383 e. The largest absolute Gasteiger partial charge is 0.383 e. The van der Waals surface area contributed by atoms with Crippen molar-refractivity contribution in [2.75, 3.05) is 13.7 Å². The molecule has 0 spiro atoms. The second kappa shape index (κ2) is 4.50. The predicted octanol–water partition coefficient (Wildman–Crippen LogP) is 1.21. The first-order valence-corrected chi connectivity index (χ1v) is 4.87. The van der Waals surface area contributed by atoms with E-state index in [1.165, 1.54) is 18.4 Å². The van der Waals surface area contributed by atoms with Gasteiger partial charge in [0, 0.05) is 7.11 Å². The van der Waals surface area contributed by atoms with Gasteiger partial charge >= 0.3 is 0 Å². The number of methoxy groups -OCH3 is 1. The van der Waals surface area contributed by atoms with Crippen LogP contribution in [0.1, 0.15) is 15.2 Å². The maximum Gasteiger partial charge on any atom is 0.192 e. The molecule has 0 bridgehead atoms. The fourth-order valence-electron chi connectivity index (χ4n) is 1.05. The summed E-state index contributed by atoms with van der Waals surface area (Å²) in [6.07, 6.45) is 0. The molecule has 1 aromatic rings. The zero-order chi connectivity index (χ0) is 9.84. The molecule has 13 heavy (non-hydrogen) atoms. The topological polar surface area (TPSA) is 52.3 Å². The highest BCUT2D eigenvalue weighted by Gasteiger charge is 2.18. The van der Waals surface area contributed by atoms with Crippen molar-refractivity contribution in [2.45, 2.75) is 13.0 Å². The molecule has 1 aromatic heterocycles. The van der Waals surface area contributed by atoms with Crippen LogP contribution in [0, 0.1) is 6.92 Å². The molecule has 0 saturated heterocycles. The number of hydrogen-bond donors (Lipinski definition) is 1. The lowest BCUT2D eigenvalue weighted by Gasteiger charge is -2.07. The zero-order valence-electron chi connectivity index (χ0n) is 7.74. The van der Waals surface area contributed by atoms with Crippen LogP contribution in [0.2, 0.25) is 0 Å². The van der Waals surface area contributed by atoms with Gasteiger partial charge in [0.15, 0.2) is 5.78 Å². The number of hydrogen-bond acceptors (Lipinski definition) is 4. The van der Waals surface area contributed by atoms with Gasteiger partial charge in [-0.25, -0.2) is 0 Å². The Morgan fingerprint density at radius 1 is 1.77 bits per heavy atom. The van der Waals surface area contributed by atoms with Crippen molar-refractivity contribution < 1.29 is 9.53 Å². The quantitative estimate of drug-likeness (QED) is 0.742. The molecule has 0 radical (unpaired) electrons. The van der Waals surface area contributed by atoms with Crippen LogP contribution in [0.4, 0.5) is 0 Å². The Bertz CT molecular complexity index is 296. The van der Waals surface area contributed by atoms with Gasteiger partial charge in [0.05, 0.1) is 17.5 Å². The van der Waals surface area contributed by atoms with Crippen LogP contribution < -0.4 is 5.73 Å². The predicted molar refractivity (Wildman–Crippen MR) is 53.2 cm³/mol. The molecule has 0 saturated carbocycles. The molecule has 3 nitrogen and oxygen atoms in total. The Morgan fingerprint density at radius 3 is 2.92 bits per heavy atom. The van der Waals surface area contributed by atoms with E-state index in [1.807, 2.05) is 18.4 Å². The smallest absolute Gasteiger partial charge is 0.192 e. The maximum absolute atomic E-state index is 11.6. The van der Waals surface area contributed by atoms with E-state index in [9.17, 15) is 4.79 Å². The lowest BCUT2D eigenvalue weighted by Crippen LogP contribution is -2.34. The summed E-state index contributed by atoms with van der Waals surface area (Å²) >= 11 is 1.43. The standard InChI is InChI=1S/C9H13NO2S/c1-6-3-4-13-9(6)8(11)7(10)5-12-2/h3-4,7H,5,10H2,1-2H3. The molecule has 1 unspecified atom stereocenters. The van der Waals surface area contributed by atoms with Gasteiger partial charge in [-0.15, -0.1) is 11.3 Å². The third-order valence-corrected chi connectivity index (χ3v) is 2.80. The number of rotatable bonds is 4. The summed E-state index contributed by atoms with van der Waals surface area (Å²) in [5, 5.41) is 1.89. The summed E-state index contributed by atoms with van der Waals surface area (Å²) in [5.74, 6) is -0.0330. The number of nitrogens with two attached hydrogens (primary N) is 1. The summed E-state index contributed by atoms with van der Waals surface area (Å²) in [4.78, 5) is 12.4. The molecule has 0 aliphatic heterocycles. The van der Waals surface area contributed by atoms with E-state index in [0.717, 1.165) is 10.4 Å². The molecule has 4 heteroatoms. The van der Waals surface area contributed by atoms with E-state index >= 15 is 0 Å². The third kappa shape index (κ3) is 2.37. The Hall–Kier alpha value is -0.710. The second-order valence-electron chi connectivity index (χ2n) is 2.86. The fraction of sp³-hybridized carbons (Fsp3) is 0.444. The fourth-order valence-corrected chi connectivity index (χ4v) is 1.98. The molecule has 0 fully saturated rings. The van der Waals surface area contributed by atoms with Gasteiger partial charge in [0.25, 0.3) is 0 Å². The maximum atomic E-state index is 11.6. The van der Waals surface area contributed by atoms with Gasteiger partial charge < -0.3 is 10.5 Å². The molecule has 2 N–H and O–H groups in total. The van der Waals surface area contributed by atoms with Crippen molar-refractivity contribution in [3.8, 4) is 0 Å². The minimum absolute atomic E-state index is 0.0330. The number of carbonyl (C=O) groups excluding carboxylic acids is 1. The minimum atomic E-state index is -0.539. The highest BCUT2D eigenvalue weighted by atomic mass is 32.1. The van der Waals surface area contributed by atoms with Gasteiger partial charge in [-0.2, -0.15) is 0 Å². The van der Waals surface area contributed by atoms with Gasteiger partial charge in [0.2, 0.25) is 0 Å². The lowest BCUT2D eigenvalue weighted by atomic mass is 10.1. The summed E-state index contributed by atoms with van der Waals surface area (Å²) in [5.41, 5.74) is 6.61. The zero-order valence-corrected chi connectivity index (χ0v) is 8.56. The van der Waals surface area contributed by atoms with E-state index in [-0.39, 0.29) is 12.4 Å². The van der Waals surface area contributed by atoms with Crippen LogP contribution in [0.15, 0.2) is 11.4 Å². The van der Waals surface area contributed by atoms with Crippen LogP contribution in [0.25, 0.3) is 0 Å². The average Bonchev–Trinajstić information content (AvgIpc) is 2.50. The average molecular weight is 199 g/mol. The summed E-state index contributed by atoms with van der Waals surface area (Å²) in [6.45, 7) is 2.18.